The van der Waals surface area contributed by atoms with Crippen LogP contribution in [0.4, 0.5) is 101 Å². The number of hydrogen-bond acceptors (Lipinski definition) is 18. The Kier molecular flexibility index (Phi) is 34.9. The minimum absolute atomic E-state index is 0. The van der Waals surface area contributed by atoms with E-state index in [1.807, 2.05) is 158 Å². The van der Waals surface area contributed by atoms with Gasteiger partial charge in [-0.25, -0.2) is 9.97 Å². The summed E-state index contributed by atoms with van der Waals surface area (Å²) in [5, 5.41) is 43.6. The van der Waals surface area contributed by atoms with E-state index < -0.39 is 50.9 Å². The van der Waals surface area contributed by atoms with Crippen molar-refractivity contribution in [2.24, 2.45) is 0 Å². The van der Waals surface area contributed by atoms with E-state index in [4.69, 9.17) is 40.5 Å². The first-order chi connectivity index (χ1) is 43.5. The van der Waals surface area contributed by atoms with Crippen molar-refractivity contribution in [3.8, 4) is 68.3 Å². The Hall–Kier alpha value is -9.04. The van der Waals surface area contributed by atoms with Gasteiger partial charge >= 0.3 is 166 Å². The van der Waals surface area contributed by atoms with Crippen LogP contribution in [-0.2, 0) is 34.1 Å². The number of rotatable bonds is 6. The molecule has 0 fully saturated rings. The monoisotopic (exact) mass is 1650 g/mol. The summed E-state index contributed by atoms with van der Waals surface area (Å²) in [4.78, 5) is 68.1. The third-order valence-corrected chi connectivity index (χ3v) is 7.73. The van der Waals surface area contributed by atoms with Gasteiger partial charge in [-0.3, -0.25) is 70.4 Å². The average Bonchev–Trinajstić information content (AvgIpc) is 0.804. The van der Waals surface area contributed by atoms with Crippen molar-refractivity contribution in [2.45, 2.75) is 0 Å². The molecule has 0 N–H and O–H groups in total. The Balaban J connectivity index is -0.000000535. The smallest absolute Gasteiger partial charge is 0.255 e. The van der Waals surface area contributed by atoms with Gasteiger partial charge < -0.3 is 0 Å². The first-order valence-corrected chi connectivity index (χ1v) is 32.5. The molecule has 0 bridgehead atoms. The Labute approximate surface area is 565 Å². The molecule has 9 aromatic heterocycles. The van der Waals surface area contributed by atoms with Crippen molar-refractivity contribution in [2.75, 3.05) is 28.2 Å². The first-order valence-electron chi connectivity index (χ1n) is 24.4. The van der Waals surface area contributed by atoms with E-state index in [2.05, 4.69) is 50.1 Å². The zero-order chi connectivity index (χ0) is 76.6. The summed E-state index contributed by atoms with van der Waals surface area (Å²) in [6.07, 6.45) is 10.6. The van der Waals surface area contributed by atoms with Crippen molar-refractivity contribution < 1.29 is 155 Å². The molecule has 2 radical (unpaired) electrons. The molecule has 0 atom stereocenters. The van der Waals surface area contributed by atoms with Crippen LogP contribution in [-0.4, -0.2) is 98.0 Å². The van der Waals surface area contributed by atoms with E-state index >= 15 is 0 Å². The van der Waals surface area contributed by atoms with Gasteiger partial charge in [-0.15, -0.1) is 10.2 Å². The van der Waals surface area contributed by atoms with Crippen molar-refractivity contribution in [1.29, 1.82) is 0 Å². The molecule has 22 nitrogen and oxygen atoms in total. The summed E-state index contributed by atoms with van der Waals surface area (Å²) in [7, 11) is -39.1. The van der Waals surface area contributed by atoms with Crippen LogP contribution in [0.2, 0.25) is 0 Å². The van der Waals surface area contributed by atoms with Gasteiger partial charge in [-0.2, -0.15) is 0 Å². The van der Waals surface area contributed by atoms with E-state index in [1.54, 1.807) is 37.2 Å². The molecule has 9 rings (SSSR count). The molecule has 0 aromatic carbocycles. The molecule has 564 valence electrons. The Morgan fingerprint density at radius 2 is 0.350 bits per heavy atom. The zero-order valence-electron chi connectivity index (χ0n) is 49.5. The van der Waals surface area contributed by atoms with Gasteiger partial charge in [0.1, 0.15) is 11.4 Å². The fourth-order valence-corrected chi connectivity index (χ4v) is 5.13. The molecule has 0 saturated heterocycles. The second kappa shape index (κ2) is 35.8. The maximum Gasteiger partial charge on any atom is 2.00 e. The van der Waals surface area contributed by atoms with Crippen LogP contribution in [0.3, 0.4) is 0 Å². The number of nitrogens with zero attached hydrogens (tertiary/aromatic N) is 14. The van der Waals surface area contributed by atoms with Crippen molar-refractivity contribution in [1.82, 2.24) is 50.1 Å². The van der Waals surface area contributed by atoms with Gasteiger partial charge in [0.2, 0.25) is 0 Å². The standard InChI is InChI=1S/2C15H11N3.C14H10N4.4CH3NO2.2Cu.4F6P/c2*1-3-10-16-12(6-1)14-8-5-9-15(18-14)13-7-2-4-11-17-13;1-3-9-15-11(5-1)13-7-8-14(18-17-13)12-6-2-4-10-16-12;4*1-2(3)4;;;4*1-7(2,3,4,5)6/h2*1-11H;1-10H;4*1H3;;;;;;/q;;;;;;;2*+2;4*-1. The van der Waals surface area contributed by atoms with Crippen LogP contribution in [0.25, 0.3) is 68.3 Å². The molecule has 100 heavy (non-hydrogen) atoms. The Morgan fingerprint density at radius 3 is 0.460 bits per heavy atom. The predicted octanol–water partition coefficient (Wildman–Crippen LogP) is 22.1. The fourth-order valence-electron chi connectivity index (χ4n) is 5.13. The van der Waals surface area contributed by atoms with Crippen LogP contribution in [0.1, 0.15) is 0 Å². The summed E-state index contributed by atoms with van der Waals surface area (Å²) in [5.41, 5.74) is 10.1. The predicted molar refractivity (Wildman–Crippen MR) is 316 cm³/mol. The summed E-state index contributed by atoms with van der Waals surface area (Å²) in [6, 6.07) is 50.2. The molecule has 0 amide bonds. The molecule has 0 saturated carbocycles. The van der Waals surface area contributed by atoms with Gasteiger partial charge in [-0.05, 0) is 109 Å². The Morgan fingerprint density at radius 1 is 0.230 bits per heavy atom. The van der Waals surface area contributed by atoms with Gasteiger partial charge in [0.25, 0.3) is 0 Å². The van der Waals surface area contributed by atoms with Crippen LogP contribution in [0.5, 0.6) is 0 Å². The van der Waals surface area contributed by atoms with Crippen LogP contribution in [0, 0.1) is 40.5 Å². The third kappa shape index (κ3) is 79.6. The molecule has 0 aliphatic rings. The first kappa shape index (κ1) is 97.3. The zero-order valence-corrected chi connectivity index (χ0v) is 54.9. The van der Waals surface area contributed by atoms with Crippen LogP contribution >= 0.6 is 31.2 Å². The largest absolute Gasteiger partial charge is 2.00 e. The van der Waals surface area contributed by atoms with Crippen molar-refractivity contribution in [3.05, 3.63) is 235 Å². The second-order valence-electron chi connectivity index (χ2n) is 17.0. The molecule has 0 unspecified atom stereocenters. The molecular weight excluding hydrogens is 1610 g/mol. The SMILES string of the molecule is C[N+](=O)[O-].C[N+](=O)[O-].C[N+](=O)[O-].C[N+](=O)[O-].F[P-](F)(F)(F)(F)F.F[P-](F)(F)(F)(F)F.F[P-](F)(F)(F)(F)F.F[P-](F)(F)(F)(F)F.[Cu+2].[Cu+2].c1ccc(-c2ccc(-c3ccccn3)nn2)nc1.c1ccc(-c2cccc(-c3ccccn3)n2)nc1.c1ccc(-c2cccc(-c3ccccn3)n2)nc1. The molecular formula is C48H44Cu2F24N14O8P4. The van der Waals surface area contributed by atoms with Crippen LogP contribution < -0.4 is 0 Å². The van der Waals surface area contributed by atoms with E-state index in [9.17, 15) is 101 Å². The van der Waals surface area contributed by atoms with Gasteiger partial charge in [0.05, 0.1) is 56.9 Å². The van der Waals surface area contributed by atoms with E-state index in [0.29, 0.717) is 0 Å². The number of aromatic nitrogens is 10. The van der Waals surface area contributed by atoms with E-state index in [1.165, 1.54) is 0 Å². The number of pyridine rings is 8. The van der Waals surface area contributed by atoms with Gasteiger partial charge in [-0.1, -0.05) is 48.5 Å². The van der Waals surface area contributed by atoms with Crippen molar-refractivity contribution >= 4 is 31.2 Å². The minimum atomic E-state index is -10.7. The average molecular weight is 1650 g/mol. The quantitative estimate of drug-likeness (QED) is 0.0491. The second-order valence-corrected chi connectivity index (χ2v) is 24.7. The molecule has 9 aromatic rings. The summed E-state index contributed by atoms with van der Waals surface area (Å²) < 4.78 is 237. The molecule has 9 heterocycles. The van der Waals surface area contributed by atoms with Gasteiger partial charge in [0.15, 0.2) is 28.2 Å². The Bertz CT molecular complexity index is 3450. The maximum atomic E-state index is 9.87. The third-order valence-electron chi connectivity index (χ3n) is 7.73. The topological polar surface area (TPSA) is 301 Å². The van der Waals surface area contributed by atoms with Crippen molar-refractivity contribution in [3.63, 3.8) is 0 Å². The summed E-state index contributed by atoms with van der Waals surface area (Å²) in [6.45, 7) is 0. The summed E-state index contributed by atoms with van der Waals surface area (Å²) >= 11 is 0. The number of halogens is 24. The fraction of sp³-hybridized carbons (Fsp3) is 0.0833. The number of nitro groups is 4. The summed E-state index contributed by atoms with van der Waals surface area (Å²) in [5.74, 6) is 0. The maximum absolute atomic E-state index is 10.7. The van der Waals surface area contributed by atoms with E-state index in [0.717, 1.165) is 96.5 Å². The van der Waals surface area contributed by atoms with E-state index in [-0.39, 0.29) is 34.1 Å². The van der Waals surface area contributed by atoms with Crippen LogP contribution in [0.15, 0.2) is 195 Å². The molecule has 0 aliphatic heterocycles. The molecule has 52 heteroatoms. The van der Waals surface area contributed by atoms with Gasteiger partial charge in [0, 0.05) is 56.9 Å². The molecule has 0 spiro atoms. The normalized spacial score (nSPS) is 13.0. The minimum Gasteiger partial charge on any atom is -0.255 e. The molecule has 0 aliphatic carbocycles. The number of hydrogen-bond donors (Lipinski definition) is 0.